The van der Waals surface area contributed by atoms with Crippen molar-refractivity contribution in [1.29, 1.82) is 0 Å². The van der Waals surface area contributed by atoms with Crippen LogP contribution in [0.4, 0.5) is 0 Å². The van der Waals surface area contributed by atoms with Crippen molar-refractivity contribution in [3.63, 3.8) is 0 Å². The van der Waals surface area contributed by atoms with Crippen molar-refractivity contribution in [2.24, 2.45) is 0 Å². The largest absolute Gasteiger partial charge is 0.456 e. The molecule has 3 heteroatoms. The molecule has 51 heavy (non-hydrogen) atoms. The summed E-state index contributed by atoms with van der Waals surface area (Å²) in [6.07, 6.45) is 2.36. The summed E-state index contributed by atoms with van der Waals surface area (Å²) in [6, 6.07) is 49.2. The van der Waals surface area contributed by atoms with Crippen molar-refractivity contribution in [2.45, 2.75) is 51.4 Å². The molecule has 0 fully saturated rings. The molecule has 1 aliphatic carbocycles. The van der Waals surface area contributed by atoms with Crippen molar-refractivity contribution in [3.05, 3.63) is 145 Å². The zero-order valence-corrected chi connectivity index (χ0v) is 29.4. The Balaban J connectivity index is 1.40. The maximum Gasteiger partial charge on any atom is 0.137 e. The fourth-order valence-electron chi connectivity index (χ4n) is 9.49. The van der Waals surface area contributed by atoms with Gasteiger partial charge in [0, 0.05) is 32.6 Å². The summed E-state index contributed by atoms with van der Waals surface area (Å²) in [5, 5.41) is 10.0. The summed E-state index contributed by atoms with van der Waals surface area (Å²) in [5.74, 6) is 0. The number of rotatable bonds is 2. The molecule has 246 valence electrons. The molecule has 0 aliphatic heterocycles. The molecule has 3 nitrogen and oxygen atoms in total. The first-order chi connectivity index (χ1) is 24.8. The lowest BCUT2D eigenvalue weighted by Gasteiger charge is -2.42. The lowest BCUT2D eigenvalue weighted by atomic mass is 9.63. The monoisotopic (exact) mass is 658 g/mol. The number of hydrogen-bond acceptors (Lipinski definition) is 1. The number of fused-ring (bicyclic) bond motifs is 13. The van der Waals surface area contributed by atoms with E-state index in [1.54, 1.807) is 0 Å². The van der Waals surface area contributed by atoms with Crippen LogP contribution in [0.5, 0.6) is 0 Å². The summed E-state index contributed by atoms with van der Waals surface area (Å²) in [7, 11) is 0. The van der Waals surface area contributed by atoms with E-state index in [0.717, 1.165) is 27.6 Å². The Labute approximate surface area is 296 Å². The van der Waals surface area contributed by atoms with E-state index in [2.05, 4.69) is 170 Å². The number of hydrogen-bond donors (Lipinski definition) is 0. The average Bonchev–Trinajstić information content (AvgIpc) is 3.81. The predicted molar refractivity (Wildman–Crippen MR) is 215 cm³/mol. The highest BCUT2D eigenvalue weighted by Crippen LogP contribution is 2.51. The van der Waals surface area contributed by atoms with Gasteiger partial charge in [0.1, 0.15) is 11.2 Å². The summed E-state index contributed by atoms with van der Waals surface area (Å²) in [5.41, 5.74) is 12.2. The van der Waals surface area contributed by atoms with Crippen LogP contribution in [0, 0.1) is 0 Å². The third kappa shape index (κ3) is 3.84. The second-order valence-corrected chi connectivity index (χ2v) is 16.0. The van der Waals surface area contributed by atoms with Crippen molar-refractivity contribution in [3.8, 4) is 11.4 Å². The highest BCUT2D eigenvalue weighted by Gasteiger charge is 2.38. The Hall–Kier alpha value is -5.80. The molecular formula is C48H38N2O. The molecule has 11 rings (SSSR count). The highest BCUT2D eigenvalue weighted by atomic mass is 16.3. The van der Waals surface area contributed by atoms with Gasteiger partial charge in [-0.3, -0.25) is 0 Å². The molecule has 0 saturated heterocycles. The van der Waals surface area contributed by atoms with Crippen LogP contribution in [0.1, 0.15) is 51.7 Å². The molecular weight excluding hydrogens is 621 g/mol. The first kappa shape index (κ1) is 29.0. The number of furan rings is 1. The molecule has 3 heterocycles. The fraction of sp³-hybridized carbons (Fsp3) is 0.167. The molecule has 0 spiro atoms. The van der Waals surface area contributed by atoms with Gasteiger partial charge in [0.25, 0.3) is 0 Å². The van der Waals surface area contributed by atoms with Crippen LogP contribution in [0.25, 0.3) is 87.7 Å². The molecule has 0 N–H and O–H groups in total. The molecule has 1 aliphatic rings. The lowest BCUT2D eigenvalue weighted by Crippen LogP contribution is -2.33. The minimum Gasteiger partial charge on any atom is -0.456 e. The molecule has 0 radical (unpaired) electrons. The van der Waals surface area contributed by atoms with Gasteiger partial charge in [0.2, 0.25) is 0 Å². The quantitative estimate of drug-likeness (QED) is 0.181. The number of benzene rings is 7. The number of nitrogens with zero attached hydrogens (tertiary/aromatic N) is 2. The van der Waals surface area contributed by atoms with E-state index in [0.29, 0.717) is 0 Å². The van der Waals surface area contributed by atoms with E-state index in [9.17, 15) is 0 Å². The van der Waals surface area contributed by atoms with Crippen molar-refractivity contribution in [2.75, 3.05) is 0 Å². The third-order valence-electron chi connectivity index (χ3n) is 12.2. The van der Waals surface area contributed by atoms with E-state index < -0.39 is 0 Å². The zero-order chi connectivity index (χ0) is 34.2. The van der Waals surface area contributed by atoms with E-state index in [-0.39, 0.29) is 10.8 Å². The molecule has 10 aromatic rings. The van der Waals surface area contributed by atoms with Gasteiger partial charge in [0.05, 0.1) is 33.1 Å². The molecule has 7 aromatic carbocycles. The molecule has 0 saturated carbocycles. The second-order valence-electron chi connectivity index (χ2n) is 16.0. The third-order valence-corrected chi connectivity index (χ3v) is 12.2. The molecule has 0 unspecified atom stereocenters. The smallest absolute Gasteiger partial charge is 0.137 e. The Kier molecular flexibility index (Phi) is 5.64. The Bertz CT molecular complexity index is 3080. The van der Waals surface area contributed by atoms with Crippen LogP contribution in [-0.4, -0.2) is 9.13 Å². The van der Waals surface area contributed by atoms with Crippen LogP contribution in [0.15, 0.2) is 138 Å². The van der Waals surface area contributed by atoms with Gasteiger partial charge in [-0.25, -0.2) is 0 Å². The van der Waals surface area contributed by atoms with Gasteiger partial charge < -0.3 is 13.6 Å². The Morgan fingerprint density at radius 3 is 1.86 bits per heavy atom. The maximum atomic E-state index is 6.44. The minimum absolute atomic E-state index is 0.0901. The van der Waals surface area contributed by atoms with Crippen molar-refractivity contribution in [1.82, 2.24) is 9.13 Å². The van der Waals surface area contributed by atoms with Crippen LogP contribution in [0.2, 0.25) is 0 Å². The summed E-state index contributed by atoms with van der Waals surface area (Å²) in [6.45, 7) is 9.74. The average molecular weight is 659 g/mol. The maximum absolute atomic E-state index is 6.44. The van der Waals surface area contributed by atoms with Gasteiger partial charge in [-0.1, -0.05) is 100 Å². The van der Waals surface area contributed by atoms with Crippen LogP contribution in [-0.2, 0) is 10.8 Å². The number of aromatic nitrogens is 2. The predicted octanol–water partition coefficient (Wildman–Crippen LogP) is 13.3. The van der Waals surface area contributed by atoms with E-state index >= 15 is 0 Å². The SMILES string of the molecule is CC1(C)CCC(C)(C)c2cc3c(cc21)c1c2c4c5ccccc5ccc4n(-c4cccc5oc6ccccc6c45)c2ccc1n3-c1ccccc1. The highest BCUT2D eigenvalue weighted by molar-refractivity contribution is 6.33. The normalized spacial score (nSPS) is 15.6. The topological polar surface area (TPSA) is 23.0 Å². The first-order valence-electron chi connectivity index (χ1n) is 18.2. The molecule has 0 amide bonds. The number of para-hydroxylation sites is 2. The summed E-state index contributed by atoms with van der Waals surface area (Å²) < 4.78 is 11.5. The van der Waals surface area contributed by atoms with Crippen molar-refractivity contribution < 1.29 is 4.42 Å². The van der Waals surface area contributed by atoms with Gasteiger partial charge in [-0.15, -0.1) is 0 Å². The van der Waals surface area contributed by atoms with E-state index in [4.69, 9.17) is 4.42 Å². The van der Waals surface area contributed by atoms with Gasteiger partial charge >= 0.3 is 0 Å². The molecule has 3 aromatic heterocycles. The van der Waals surface area contributed by atoms with Crippen LogP contribution in [0.3, 0.4) is 0 Å². The zero-order valence-electron chi connectivity index (χ0n) is 29.4. The van der Waals surface area contributed by atoms with E-state index in [1.807, 2.05) is 0 Å². The Morgan fingerprint density at radius 2 is 1.06 bits per heavy atom. The van der Waals surface area contributed by atoms with Crippen LogP contribution < -0.4 is 0 Å². The second kappa shape index (κ2) is 9.92. The van der Waals surface area contributed by atoms with Gasteiger partial charge in [0.15, 0.2) is 0 Å². The molecule has 0 bridgehead atoms. The molecule has 0 atom stereocenters. The fourth-order valence-corrected chi connectivity index (χ4v) is 9.49. The standard InChI is InChI=1S/C48H38N2O/c1-47(2)25-26-48(3,4)35-28-40-33(27-34(35)47)45-37(49(40)30-14-6-5-7-15-30)23-24-39-46(45)44-31-16-9-8-13-29(31)21-22-38(44)50(39)36-18-12-20-42-43(36)32-17-10-11-19-41(32)51-42/h5-24,27-28H,25-26H2,1-4H3. The lowest BCUT2D eigenvalue weighted by molar-refractivity contribution is 0.332. The Morgan fingerprint density at radius 1 is 0.451 bits per heavy atom. The first-order valence-corrected chi connectivity index (χ1v) is 18.2. The summed E-state index contributed by atoms with van der Waals surface area (Å²) in [4.78, 5) is 0. The van der Waals surface area contributed by atoms with Gasteiger partial charge in [-0.05, 0) is 106 Å². The van der Waals surface area contributed by atoms with E-state index in [1.165, 1.54) is 84.0 Å². The van der Waals surface area contributed by atoms with Crippen molar-refractivity contribution >= 4 is 76.3 Å². The minimum atomic E-state index is 0.0901. The summed E-state index contributed by atoms with van der Waals surface area (Å²) >= 11 is 0. The van der Waals surface area contributed by atoms with Gasteiger partial charge in [-0.2, -0.15) is 0 Å². The van der Waals surface area contributed by atoms with Crippen LogP contribution >= 0.6 is 0 Å².